The van der Waals surface area contributed by atoms with E-state index in [9.17, 15) is 9.59 Å². The van der Waals surface area contributed by atoms with Gasteiger partial charge in [-0.25, -0.2) is 4.79 Å². The Morgan fingerprint density at radius 2 is 1.43 bits per heavy atom. The minimum Gasteiger partial charge on any atom is -0.358 e. The highest BCUT2D eigenvalue weighted by Crippen LogP contribution is 2.42. The topological polar surface area (TPSA) is 73.3 Å². The first-order chi connectivity index (χ1) is 18.0. The van der Waals surface area contributed by atoms with Gasteiger partial charge in [0.25, 0.3) is 5.56 Å². The molecular weight excluding hydrogens is 579 g/mol. The maximum atomic E-state index is 12.6. The number of ether oxygens (including phenoxy) is 2. The third-order valence-corrected chi connectivity index (χ3v) is 8.21. The van der Waals surface area contributed by atoms with Gasteiger partial charge < -0.3 is 9.47 Å². The summed E-state index contributed by atoms with van der Waals surface area (Å²) in [5, 5.41) is 0. The van der Waals surface area contributed by atoms with Gasteiger partial charge in [-0.2, -0.15) is 0 Å². The molecule has 0 bridgehead atoms. The van der Waals surface area contributed by atoms with E-state index in [4.69, 9.17) is 9.47 Å². The van der Waals surface area contributed by atoms with Crippen LogP contribution in [0.1, 0.15) is 41.8 Å². The first-order valence-electron chi connectivity index (χ1n) is 12.5. The average molecular weight is 608 g/mol. The Kier molecular flexibility index (Phi) is 7.73. The van der Waals surface area contributed by atoms with E-state index < -0.39 is 17.5 Å². The third-order valence-electron chi connectivity index (χ3n) is 6.90. The summed E-state index contributed by atoms with van der Waals surface area (Å²) in [4.78, 5) is 27.1. The highest BCUT2D eigenvalue weighted by molar-refractivity contribution is 14.1. The van der Waals surface area contributed by atoms with Crippen LogP contribution in [0.3, 0.4) is 0 Å². The van der Waals surface area contributed by atoms with Gasteiger partial charge in [0.05, 0.1) is 12.7 Å². The number of aromatic amines is 1. The molecule has 5 rings (SSSR count). The standard InChI is InChI=1S/C30H29IN2O4/c1-2-21-19-33(29(35)32-28(21)34)27-18-25(31)26(37-27)20-36-30(22-12-6-3-7-13-22,23-14-8-4-9-15-23)24-16-10-5-11-17-24/h3-17,19,25-27H,2,18,20H2,1H3,(H,32,34,35)/t25?,26-,27-/m0/s1. The van der Waals surface area contributed by atoms with E-state index in [1.165, 1.54) is 4.57 Å². The molecule has 7 heteroatoms. The van der Waals surface area contributed by atoms with Crippen LogP contribution in [0.25, 0.3) is 0 Å². The van der Waals surface area contributed by atoms with Crippen LogP contribution in [-0.2, 0) is 21.5 Å². The van der Waals surface area contributed by atoms with Crippen molar-refractivity contribution in [1.82, 2.24) is 9.55 Å². The van der Waals surface area contributed by atoms with E-state index in [1.54, 1.807) is 6.20 Å². The molecule has 3 aromatic carbocycles. The van der Waals surface area contributed by atoms with Crippen LogP contribution in [0, 0.1) is 0 Å². The fourth-order valence-corrected chi connectivity index (χ4v) is 5.79. The number of rotatable bonds is 8. The number of H-pyrrole nitrogens is 1. The third kappa shape index (κ3) is 5.08. The zero-order valence-corrected chi connectivity index (χ0v) is 22.7. The van der Waals surface area contributed by atoms with Crippen LogP contribution < -0.4 is 11.2 Å². The molecule has 6 nitrogen and oxygen atoms in total. The zero-order chi connectivity index (χ0) is 25.8. The molecule has 1 aliphatic heterocycles. The number of aryl methyl sites for hydroxylation is 1. The van der Waals surface area contributed by atoms with Crippen molar-refractivity contribution in [2.45, 2.75) is 41.6 Å². The number of nitrogens with one attached hydrogen (secondary N) is 1. The molecule has 1 unspecified atom stereocenters. The zero-order valence-electron chi connectivity index (χ0n) is 20.5. The molecule has 0 saturated carbocycles. The second-order valence-corrected chi connectivity index (χ2v) is 10.7. The average Bonchev–Trinajstić information content (AvgIpc) is 3.31. The van der Waals surface area contributed by atoms with E-state index in [0.717, 1.165) is 16.7 Å². The number of alkyl halides is 1. The molecule has 1 fully saturated rings. The Labute approximate surface area is 229 Å². The van der Waals surface area contributed by atoms with E-state index in [-0.39, 0.29) is 15.6 Å². The number of aromatic nitrogens is 2. The summed E-state index contributed by atoms with van der Waals surface area (Å²) in [6.45, 7) is 2.21. The minimum absolute atomic E-state index is 0.117. The van der Waals surface area contributed by atoms with Gasteiger partial charge in [-0.05, 0) is 23.1 Å². The fourth-order valence-electron chi connectivity index (χ4n) is 4.98. The Hall–Kier alpha value is -3.01. The van der Waals surface area contributed by atoms with Crippen molar-refractivity contribution in [2.24, 2.45) is 0 Å². The molecule has 1 saturated heterocycles. The van der Waals surface area contributed by atoms with E-state index in [0.29, 0.717) is 25.0 Å². The fraction of sp³-hybridized carbons (Fsp3) is 0.267. The summed E-state index contributed by atoms with van der Waals surface area (Å²) < 4.78 is 15.0. The second-order valence-electron chi connectivity index (χ2n) is 9.15. The lowest BCUT2D eigenvalue weighted by Gasteiger charge is -2.37. The number of hydrogen-bond acceptors (Lipinski definition) is 4. The lowest BCUT2D eigenvalue weighted by Crippen LogP contribution is -2.37. The molecule has 1 aromatic heterocycles. The largest absolute Gasteiger partial charge is 0.358 e. The summed E-state index contributed by atoms with van der Waals surface area (Å²) in [7, 11) is 0. The summed E-state index contributed by atoms with van der Waals surface area (Å²) in [6, 6.07) is 30.7. The second kappa shape index (κ2) is 11.2. The van der Waals surface area contributed by atoms with Gasteiger partial charge in [-0.3, -0.25) is 14.3 Å². The van der Waals surface area contributed by atoms with Gasteiger partial charge in [0, 0.05) is 22.1 Å². The molecule has 190 valence electrons. The molecule has 1 N–H and O–H groups in total. The molecule has 3 atom stereocenters. The lowest BCUT2D eigenvalue weighted by atomic mass is 9.80. The van der Waals surface area contributed by atoms with Crippen molar-refractivity contribution in [1.29, 1.82) is 0 Å². The number of hydrogen-bond donors (Lipinski definition) is 1. The van der Waals surface area contributed by atoms with Gasteiger partial charge in [-0.1, -0.05) is 121 Å². The smallest absolute Gasteiger partial charge is 0.330 e. The van der Waals surface area contributed by atoms with E-state index >= 15 is 0 Å². The molecule has 0 spiro atoms. The normalized spacial score (nSPS) is 19.7. The van der Waals surface area contributed by atoms with Crippen LogP contribution in [0.2, 0.25) is 0 Å². The summed E-state index contributed by atoms with van der Waals surface area (Å²) >= 11 is 2.38. The van der Waals surface area contributed by atoms with E-state index in [1.807, 2.05) is 61.5 Å². The van der Waals surface area contributed by atoms with Gasteiger partial charge >= 0.3 is 5.69 Å². The monoisotopic (exact) mass is 608 g/mol. The van der Waals surface area contributed by atoms with Crippen molar-refractivity contribution in [3.05, 3.63) is 140 Å². The maximum Gasteiger partial charge on any atom is 0.330 e. The van der Waals surface area contributed by atoms with E-state index in [2.05, 4.69) is 64.0 Å². The van der Waals surface area contributed by atoms with Crippen LogP contribution in [-0.4, -0.2) is 26.2 Å². The number of benzene rings is 3. The Bertz CT molecular complexity index is 1340. The molecule has 37 heavy (non-hydrogen) atoms. The predicted octanol–water partition coefficient (Wildman–Crippen LogP) is 5.20. The first-order valence-corrected chi connectivity index (χ1v) is 13.7. The van der Waals surface area contributed by atoms with Gasteiger partial charge in [0.15, 0.2) is 0 Å². The van der Waals surface area contributed by atoms with Crippen molar-refractivity contribution in [3.8, 4) is 0 Å². The summed E-state index contributed by atoms with van der Waals surface area (Å²) in [5.41, 5.74) is 2.00. The van der Waals surface area contributed by atoms with Crippen LogP contribution in [0.5, 0.6) is 0 Å². The Morgan fingerprint density at radius 1 is 0.919 bits per heavy atom. The first kappa shape index (κ1) is 25.6. The maximum absolute atomic E-state index is 12.6. The molecule has 0 aliphatic carbocycles. The van der Waals surface area contributed by atoms with Crippen LogP contribution in [0.15, 0.2) is 107 Å². The van der Waals surface area contributed by atoms with Crippen molar-refractivity contribution in [2.75, 3.05) is 6.61 Å². The minimum atomic E-state index is -0.841. The molecule has 0 radical (unpaired) electrons. The van der Waals surface area contributed by atoms with Gasteiger partial charge in [-0.15, -0.1) is 0 Å². The SMILES string of the molecule is CCc1cn([C@@H]2CC(I)[C@H](COC(c3ccccc3)(c3ccccc3)c3ccccc3)O2)c(=O)[nH]c1=O. The summed E-state index contributed by atoms with van der Waals surface area (Å²) in [6.07, 6.45) is 2.09. The van der Waals surface area contributed by atoms with Crippen molar-refractivity contribution in [3.63, 3.8) is 0 Å². The lowest BCUT2D eigenvalue weighted by molar-refractivity contribution is -0.0759. The van der Waals surface area contributed by atoms with Crippen LogP contribution >= 0.6 is 22.6 Å². The number of halogens is 1. The predicted molar refractivity (Wildman–Crippen MR) is 152 cm³/mol. The highest BCUT2D eigenvalue weighted by atomic mass is 127. The van der Waals surface area contributed by atoms with Crippen molar-refractivity contribution >= 4 is 22.6 Å². The van der Waals surface area contributed by atoms with Crippen LogP contribution in [0.4, 0.5) is 0 Å². The molecule has 1 aliphatic rings. The molecular formula is C30H29IN2O4. The molecule has 2 heterocycles. The molecule has 0 amide bonds. The number of nitrogens with zero attached hydrogens (tertiary/aromatic N) is 1. The Morgan fingerprint density at radius 3 is 1.92 bits per heavy atom. The Balaban J connectivity index is 1.49. The highest BCUT2D eigenvalue weighted by Gasteiger charge is 2.41. The molecule has 4 aromatic rings. The van der Waals surface area contributed by atoms with Gasteiger partial charge in [0.2, 0.25) is 0 Å². The quantitative estimate of drug-likeness (QED) is 0.170. The van der Waals surface area contributed by atoms with Gasteiger partial charge in [0.1, 0.15) is 11.8 Å². The summed E-state index contributed by atoms with van der Waals surface area (Å²) in [5.74, 6) is 0. The van der Waals surface area contributed by atoms with Crippen molar-refractivity contribution < 1.29 is 9.47 Å².